The first kappa shape index (κ1) is 28.8. The van der Waals surface area contributed by atoms with Crippen LogP contribution in [0.25, 0.3) is 10.6 Å². The van der Waals surface area contributed by atoms with Gasteiger partial charge in [-0.1, -0.05) is 52.6 Å². The van der Waals surface area contributed by atoms with Crippen molar-refractivity contribution in [1.82, 2.24) is 0 Å². The molecule has 0 saturated heterocycles. The number of hydrogen-bond donors (Lipinski definition) is 2. The molecule has 0 fully saturated rings. The van der Waals surface area contributed by atoms with E-state index in [-0.39, 0.29) is 46.5 Å². The zero-order chi connectivity index (χ0) is 19.6. The van der Waals surface area contributed by atoms with Crippen LogP contribution in [0.4, 0.5) is 0 Å². The van der Waals surface area contributed by atoms with Gasteiger partial charge in [-0.2, -0.15) is 11.4 Å². The number of carbonyl (C=O) groups is 2. The van der Waals surface area contributed by atoms with Crippen LogP contribution in [0.1, 0.15) is 55.4 Å². The molecule has 0 spiro atoms. The van der Waals surface area contributed by atoms with Crippen molar-refractivity contribution in [3.05, 3.63) is 34.2 Å². The summed E-state index contributed by atoms with van der Waals surface area (Å²) in [5.41, 5.74) is 0.328. The number of rotatable bonds is 8. The summed E-state index contributed by atoms with van der Waals surface area (Å²) in [7, 11) is 0. The molecule has 2 N–H and O–H groups in total. The van der Waals surface area contributed by atoms with E-state index in [2.05, 4.69) is 10.6 Å². The third kappa shape index (κ3) is 19.2. The number of carbonyl (C=O) groups excluding carboxylic acids is 2. The molecule has 0 aromatic rings. The maximum atomic E-state index is 10.6. The number of hydrogen-bond acceptors (Lipinski definition) is 4. The molecule has 0 atom stereocenters. The van der Waals surface area contributed by atoms with Crippen molar-refractivity contribution in [2.45, 2.75) is 66.5 Å². The van der Waals surface area contributed by atoms with Crippen LogP contribution in [-0.4, -0.2) is 46.1 Å². The predicted octanol–water partition coefficient (Wildman–Crippen LogP) is 3.25. The normalized spacial score (nSPS) is 12.4. The molecule has 7 heteroatoms. The van der Waals surface area contributed by atoms with E-state index in [1.807, 2.05) is 27.7 Å². The van der Waals surface area contributed by atoms with Crippen molar-refractivity contribution in [2.24, 2.45) is 0 Å². The minimum Gasteiger partial charge on any atom is -0.681 e. The van der Waals surface area contributed by atoms with E-state index in [4.69, 9.17) is 10.2 Å². The molecule has 0 aromatic heterocycles. The van der Waals surface area contributed by atoms with Gasteiger partial charge in [0.2, 0.25) is 0 Å². The van der Waals surface area contributed by atoms with Crippen molar-refractivity contribution in [3.63, 3.8) is 0 Å². The molecule has 0 amide bonds. The zero-order valence-electron chi connectivity index (χ0n) is 16.7. The smallest absolute Gasteiger partial charge is 0.681 e. The Labute approximate surface area is 167 Å². The third-order valence-corrected chi connectivity index (χ3v) is 2.56. The quantitative estimate of drug-likeness (QED) is 0.492. The molecule has 0 unspecified atom stereocenters. The maximum absolute atomic E-state index is 10.6. The fourth-order valence-electron chi connectivity index (χ4n) is 1.68. The van der Waals surface area contributed by atoms with Crippen molar-refractivity contribution >= 4 is 11.6 Å². The van der Waals surface area contributed by atoms with Gasteiger partial charge >= 0.3 is 21.7 Å². The Morgan fingerprint density at radius 1 is 0.760 bits per heavy atom. The molecular formula is C18H32N2O4Ti. The molecule has 0 saturated carbocycles. The van der Waals surface area contributed by atoms with Gasteiger partial charge in [0.05, 0.1) is 0 Å². The van der Waals surface area contributed by atoms with E-state index in [9.17, 15) is 9.59 Å². The predicted molar refractivity (Wildman–Crippen MR) is 97.9 cm³/mol. The summed E-state index contributed by atoms with van der Waals surface area (Å²) in [5.74, 6) is -0.0463. The molecule has 0 heterocycles. The zero-order valence-corrected chi connectivity index (χ0v) is 18.2. The Bertz CT molecular complexity index is 439. The third-order valence-electron chi connectivity index (χ3n) is 2.56. The summed E-state index contributed by atoms with van der Waals surface area (Å²) in [6.45, 7) is 13.7. The number of ketones is 2. The average molecular weight is 388 g/mol. The number of allylic oxidation sites excluding steroid dienone is 4. The fraction of sp³-hybridized carbons (Fsp3) is 0.667. The molecule has 0 aliphatic heterocycles. The minimum absolute atomic E-state index is 0. The second-order valence-corrected chi connectivity index (χ2v) is 6.96. The van der Waals surface area contributed by atoms with E-state index in [1.165, 1.54) is 26.0 Å². The fourth-order valence-corrected chi connectivity index (χ4v) is 1.68. The van der Waals surface area contributed by atoms with Crippen LogP contribution in [0.3, 0.4) is 0 Å². The molecular weight excluding hydrogens is 356 g/mol. The molecule has 6 nitrogen and oxygen atoms in total. The Morgan fingerprint density at radius 3 is 1.16 bits per heavy atom. The number of aliphatic hydroxyl groups is 2. The second-order valence-electron chi connectivity index (χ2n) is 6.96. The number of nitrogens with zero attached hydrogens (tertiary/aromatic N) is 2. The minimum atomic E-state index is -0.490. The van der Waals surface area contributed by atoms with Gasteiger partial charge in [0.15, 0.2) is 11.6 Å². The van der Waals surface area contributed by atoms with Gasteiger partial charge < -0.3 is 20.8 Å². The van der Waals surface area contributed by atoms with Crippen LogP contribution >= 0.6 is 0 Å². The van der Waals surface area contributed by atoms with Gasteiger partial charge in [0.25, 0.3) is 0 Å². The number of aliphatic hydroxyl groups excluding tert-OH is 2. The van der Waals surface area contributed by atoms with Gasteiger partial charge in [-0.3, -0.25) is 9.59 Å². The average Bonchev–Trinajstić information content (AvgIpc) is 2.36. The maximum Gasteiger partial charge on any atom is 2.00 e. The standard InChI is InChI=1S/2C9H17NO2.Ti/c2*1-7(5-8(2)12)10-9(3,4)6-11;/h2*5,11H,6H2,1-4H3,(H,10,12);/q;;+2/p-2. The molecule has 0 aromatic carbocycles. The van der Waals surface area contributed by atoms with Crippen molar-refractivity contribution in [3.8, 4) is 0 Å². The van der Waals surface area contributed by atoms with E-state index in [0.29, 0.717) is 11.4 Å². The first-order chi connectivity index (χ1) is 10.7. The monoisotopic (exact) mass is 388 g/mol. The second kappa shape index (κ2) is 13.3. The summed E-state index contributed by atoms with van der Waals surface area (Å²) in [6.07, 6.45) is 2.91. The van der Waals surface area contributed by atoms with E-state index >= 15 is 0 Å². The van der Waals surface area contributed by atoms with Crippen LogP contribution in [-0.2, 0) is 31.3 Å². The summed E-state index contributed by atoms with van der Waals surface area (Å²) in [6, 6.07) is 0. The van der Waals surface area contributed by atoms with Gasteiger partial charge in [-0.05, 0) is 26.0 Å². The molecule has 0 aliphatic carbocycles. The van der Waals surface area contributed by atoms with Gasteiger partial charge in [0, 0.05) is 13.2 Å². The van der Waals surface area contributed by atoms with Gasteiger partial charge in [-0.25, -0.2) is 0 Å². The Hall–Kier alpha value is -0.946. The Morgan fingerprint density at radius 2 is 1.00 bits per heavy atom. The van der Waals surface area contributed by atoms with Crippen molar-refractivity contribution < 1.29 is 41.5 Å². The van der Waals surface area contributed by atoms with E-state index in [0.717, 1.165) is 0 Å². The molecule has 25 heavy (non-hydrogen) atoms. The molecule has 0 rings (SSSR count). The largest absolute Gasteiger partial charge is 2.00 e. The van der Waals surface area contributed by atoms with Crippen molar-refractivity contribution in [1.29, 1.82) is 0 Å². The SMILES string of the molecule is CC(=O)C=C(C)[N-]C(C)(C)CO.CC(=O)C=C(C)[N-]C(C)(C)CO.[Ti+2]. The van der Waals surface area contributed by atoms with E-state index in [1.54, 1.807) is 13.8 Å². The van der Waals surface area contributed by atoms with Crippen molar-refractivity contribution in [2.75, 3.05) is 13.2 Å². The van der Waals surface area contributed by atoms with Crippen LogP contribution in [0, 0.1) is 0 Å². The summed E-state index contributed by atoms with van der Waals surface area (Å²) in [5, 5.41) is 26.1. The topological polar surface area (TPSA) is 103 Å². The first-order valence-electron chi connectivity index (χ1n) is 7.80. The summed E-state index contributed by atoms with van der Waals surface area (Å²) in [4.78, 5) is 21.3. The Balaban J connectivity index is -0.000000372. The van der Waals surface area contributed by atoms with Crippen LogP contribution < -0.4 is 0 Å². The van der Waals surface area contributed by atoms with Gasteiger partial charge in [0.1, 0.15) is 0 Å². The van der Waals surface area contributed by atoms with Crippen LogP contribution in [0.5, 0.6) is 0 Å². The van der Waals surface area contributed by atoms with Gasteiger partial charge in [-0.15, -0.1) is 0 Å². The molecule has 0 radical (unpaired) electrons. The molecule has 0 aliphatic rings. The van der Waals surface area contributed by atoms with Crippen LogP contribution in [0.2, 0.25) is 0 Å². The summed E-state index contributed by atoms with van der Waals surface area (Å²) >= 11 is 0. The molecule has 0 bridgehead atoms. The summed E-state index contributed by atoms with van der Waals surface area (Å²) < 4.78 is 0. The van der Waals surface area contributed by atoms with E-state index < -0.39 is 11.1 Å². The molecule has 142 valence electrons. The first-order valence-corrected chi connectivity index (χ1v) is 7.80. The Kier molecular flexibility index (Phi) is 15.3. The van der Waals surface area contributed by atoms with Crippen LogP contribution in [0.15, 0.2) is 23.5 Å².